The van der Waals surface area contributed by atoms with Gasteiger partial charge in [0.25, 0.3) is 0 Å². The zero-order chi connectivity index (χ0) is 41.5. The van der Waals surface area contributed by atoms with E-state index in [0.29, 0.717) is 0 Å². The van der Waals surface area contributed by atoms with E-state index in [4.69, 9.17) is 0 Å². The van der Waals surface area contributed by atoms with Crippen LogP contribution in [0.5, 0.6) is 0 Å². The Morgan fingerprint density at radius 2 is 0.623 bits per heavy atom. The van der Waals surface area contributed by atoms with Crippen molar-refractivity contribution in [2.75, 3.05) is 4.90 Å². The Hall–Kier alpha value is -7.55. The largest absolute Gasteiger partial charge is 0.311 e. The fraction of sp³-hybridized carbons (Fsp3) is 0.0678. The molecular weight excluding hydrogens is 737 g/mol. The number of hydrogen-bond acceptors (Lipinski definition) is 2. The average molecular weight is 783 g/mol. The summed E-state index contributed by atoms with van der Waals surface area (Å²) < 4.78 is 0. The number of nitrogens with zero attached hydrogens (tertiary/aromatic N) is 2. The van der Waals surface area contributed by atoms with Gasteiger partial charge in [-0.05, 0) is 137 Å². The molecular formula is C59H46N2. The van der Waals surface area contributed by atoms with Gasteiger partial charge in [0.05, 0.1) is 5.69 Å². The van der Waals surface area contributed by atoms with Crippen molar-refractivity contribution in [3.8, 4) is 78.0 Å². The van der Waals surface area contributed by atoms with Gasteiger partial charge in [0, 0.05) is 28.8 Å². The Morgan fingerprint density at radius 3 is 1.02 bits per heavy atom. The second-order valence-corrected chi connectivity index (χ2v) is 15.1. The summed E-state index contributed by atoms with van der Waals surface area (Å²) in [6.07, 6.45) is 1.85. The maximum atomic E-state index is 4.60. The molecule has 0 spiro atoms. The smallest absolute Gasteiger partial charge is 0.0701 e. The second-order valence-electron chi connectivity index (χ2n) is 15.1. The van der Waals surface area contributed by atoms with Gasteiger partial charge in [0.2, 0.25) is 0 Å². The average Bonchev–Trinajstić information content (AvgIpc) is 3.86. The normalized spacial score (nSPS) is 11.3. The van der Waals surface area contributed by atoms with E-state index >= 15 is 0 Å². The number of aromatic nitrogens is 1. The van der Waals surface area contributed by atoms with Gasteiger partial charge in [0.1, 0.15) is 0 Å². The van der Waals surface area contributed by atoms with Crippen molar-refractivity contribution in [1.29, 1.82) is 0 Å². The van der Waals surface area contributed by atoms with Crippen LogP contribution in [-0.2, 0) is 0 Å². The number of benzene rings is 9. The SMILES string of the molecule is CC.CC.c1ccc(-c2ccc(N(c3ccc(-c4ccc5c6c(cccc46)-c4ccccc4-5)cc3)c3ccc(-c4ccc5c6c(cccc46)-c4ccccc4-5)cc3)cc2)nc1. The number of pyridine rings is 1. The van der Waals surface area contributed by atoms with Crippen LogP contribution in [-0.4, -0.2) is 4.98 Å². The Labute approximate surface area is 359 Å². The zero-order valence-electron chi connectivity index (χ0n) is 35.0. The molecule has 0 amide bonds. The predicted octanol–water partition coefficient (Wildman–Crippen LogP) is 17.2. The monoisotopic (exact) mass is 782 g/mol. The third-order valence-electron chi connectivity index (χ3n) is 12.1. The highest BCUT2D eigenvalue weighted by Gasteiger charge is 2.24. The molecule has 2 aliphatic rings. The molecule has 12 rings (SSSR count). The van der Waals surface area contributed by atoms with E-state index in [2.05, 4.69) is 198 Å². The van der Waals surface area contributed by atoms with E-state index in [1.165, 1.54) is 88.3 Å². The first kappa shape index (κ1) is 37.7. The maximum absolute atomic E-state index is 4.60. The molecule has 0 N–H and O–H groups in total. The molecule has 0 saturated carbocycles. The molecule has 0 atom stereocenters. The highest BCUT2D eigenvalue weighted by molar-refractivity contribution is 6.20. The number of hydrogen-bond donors (Lipinski definition) is 0. The van der Waals surface area contributed by atoms with Crippen LogP contribution < -0.4 is 4.90 Å². The van der Waals surface area contributed by atoms with Crippen molar-refractivity contribution in [2.45, 2.75) is 27.7 Å². The van der Waals surface area contributed by atoms with Gasteiger partial charge in [-0.25, -0.2) is 0 Å². The van der Waals surface area contributed by atoms with Crippen LogP contribution in [0.25, 0.3) is 99.6 Å². The Balaban J connectivity index is 0.00000108. The fourth-order valence-electron chi connectivity index (χ4n) is 9.46. The molecule has 1 heterocycles. The fourth-order valence-corrected chi connectivity index (χ4v) is 9.46. The van der Waals surface area contributed by atoms with Crippen LogP contribution in [0.1, 0.15) is 27.7 Å². The molecule has 9 aromatic carbocycles. The molecule has 0 bridgehead atoms. The summed E-state index contributed by atoms with van der Waals surface area (Å²) in [6.45, 7) is 8.00. The number of anilines is 3. The van der Waals surface area contributed by atoms with Crippen molar-refractivity contribution < 1.29 is 0 Å². The molecule has 0 saturated heterocycles. The first-order chi connectivity index (χ1) is 30.3. The van der Waals surface area contributed by atoms with E-state index in [1.54, 1.807) is 0 Å². The highest BCUT2D eigenvalue weighted by atomic mass is 15.1. The zero-order valence-corrected chi connectivity index (χ0v) is 35.0. The molecule has 61 heavy (non-hydrogen) atoms. The minimum Gasteiger partial charge on any atom is -0.311 e. The lowest BCUT2D eigenvalue weighted by Gasteiger charge is -2.26. The van der Waals surface area contributed by atoms with E-state index in [0.717, 1.165) is 28.3 Å². The molecule has 292 valence electrons. The van der Waals surface area contributed by atoms with Gasteiger partial charge in [-0.2, -0.15) is 0 Å². The van der Waals surface area contributed by atoms with Crippen molar-refractivity contribution >= 4 is 38.6 Å². The van der Waals surface area contributed by atoms with Crippen LogP contribution >= 0.6 is 0 Å². The number of rotatable bonds is 6. The molecule has 2 heteroatoms. The van der Waals surface area contributed by atoms with E-state index < -0.39 is 0 Å². The molecule has 0 aliphatic heterocycles. The van der Waals surface area contributed by atoms with Gasteiger partial charge in [-0.3, -0.25) is 4.98 Å². The summed E-state index contributed by atoms with van der Waals surface area (Å²) in [5.74, 6) is 0. The Kier molecular flexibility index (Phi) is 9.83. The highest BCUT2D eigenvalue weighted by Crippen LogP contribution is 2.51. The minimum atomic E-state index is 0.964. The summed E-state index contributed by atoms with van der Waals surface area (Å²) in [7, 11) is 0. The third-order valence-corrected chi connectivity index (χ3v) is 12.1. The summed E-state index contributed by atoms with van der Waals surface area (Å²) in [5, 5.41) is 5.27. The van der Waals surface area contributed by atoms with Crippen LogP contribution in [0.2, 0.25) is 0 Å². The van der Waals surface area contributed by atoms with Crippen LogP contribution in [0, 0.1) is 0 Å². The lowest BCUT2D eigenvalue weighted by Crippen LogP contribution is -2.09. The molecule has 0 radical (unpaired) electrons. The molecule has 2 aliphatic carbocycles. The molecule has 10 aromatic rings. The maximum Gasteiger partial charge on any atom is 0.0701 e. The molecule has 0 fully saturated rings. The van der Waals surface area contributed by atoms with Crippen molar-refractivity contribution in [3.63, 3.8) is 0 Å². The van der Waals surface area contributed by atoms with E-state index in [9.17, 15) is 0 Å². The van der Waals surface area contributed by atoms with Crippen LogP contribution in [0.4, 0.5) is 17.1 Å². The minimum absolute atomic E-state index is 0.964. The summed E-state index contributed by atoms with van der Waals surface area (Å²) in [6, 6.07) is 73.1. The lowest BCUT2D eigenvalue weighted by atomic mass is 9.94. The summed E-state index contributed by atoms with van der Waals surface area (Å²) in [5.41, 5.74) is 20.8. The quantitative estimate of drug-likeness (QED) is 0.167. The van der Waals surface area contributed by atoms with Crippen LogP contribution in [0.3, 0.4) is 0 Å². The second kappa shape index (κ2) is 15.9. The predicted molar refractivity (Wildman–Crippen MR) is 262 cm³/mol. The van der Waals surface area contributed by atoms with Crippen LogP contribution in [0.15, 0.2) is 206 Å². The van der Waals surface area contributed by atoms with Gasteiger partial charge in [-0.1, -0.05) is 179 Å². The molecule has 0 unspecified atom stereocenters. The number of fused-ring (bicyclic) bond motifs is 6. The summed E-state index contributed by atoms with van der Waals surface area (Å²) >= 11 is 0. The summed E-state index contributed by atoms with van der Waals surface area (Å²) in [4.78, 5) is 6.95. The Bertz CT molecular complexity index is 2960. The Morgan fingerprint density at radius 1 is 0.279 bits per heavy atom. The van der Waals surface area contributed by atoms with Crippen molar-refractivity contribution in [3.05, 3.63) is 206 Å². The van der Waals surface area contributed by atoms with Gasteiger partial charge in [-0.15, -0.1) is 0 Å². The van der Waals surface area contributed by atoms with E-state index in [1.807, 2.05) is 46.0 Å². The topological polar surface area (TPSA) is 16.1 Å². The van der Waals surface area contributed by atoms with Crippen molar-refractivity contribution in [2.24, 2.45) is 0 Å². The first-order valence-electron chi connectivity index (χ1n) is 21.6. The van der Waals surface area contributed by atoms with Gasteiger partial charge < -0.3 is 4.90 Å². The molecule has 2 nitrogen and oxygen atoms in total. The standard InChI is InChI=1S/C55H34N2.2C2H6/c1-3-11-45-43(9-1)49-15-7-13-47-41(30-32-51(45)54(47)49)35-18-24-38(25-19-35)57(40-28-22-37(23-29-40)53-17-5-6-34-56-53)39-26-20-36(21-27-39)42-31-33-52-46-12-4-2-10-44(46)50-16-8-14-48(42)55(50)52;2*1-2/h1-34H;2*1-2H3. The molecule has 1 aromatic heterocycles. The van der Waals surface area contributed by atoms with E-state index in [-0.39, 0.29) is 0 Å². The van der Waals surface area contributed by atoms with Gasteiger partial charge in [0.15, 0.2) is 0 Å². The van der Waals surface area contributed by atoms with Gasteiger partial charge >= 0.3 is 0 Å². The first-order valence-corrected chi connectivity index (χ1v) is 21.6. The lowest BCUT2D eigenvalue weighted by molar-refractivity contribution is 1.28. The van der Waals surface area contributed by atoms with Crippen molar-refractivity contribution in [1.82, 2.24) is 4.98 Å². The third kappa shape index (κ3) is 6.22.